The average Bonchev–Trinajstić information content (AvgIpc) is 3.41. The van der Waals surface area contributed by atoms with Crippen LogP contribution in [0.5, 0.6) is 5.75 Å². The number of anilines is 2. The van der Waals surface area contributed by atoms with Crippen LogP contribution < -0.4 is 15.4 Å². The van der Waals surface area contributed by atoms with Crippen LogP contribution in [0.15, 0.2) is 60.9 Å². The Balaban J connectivity index is 1.31. The molecule has 1 aliphatic heterocycles. The molecule has 0 bridgehead atoms. The minimum Gasteiger partial charge on any atom is -0.497 e. The summed E-state index contributed by atoms with van der Waals surface area (Å²) < 4.78 is 5.33. The van der Waals surface area contributed by atoms with Crippen LogP contribution in [-0.2, 0) is 4.79 Å². The lowest BCUT2D eigenvalue weighted by Crippen LogP contribution is -2.16. The standard InChI is InChI=1S/C25H23N5O2/c1-32-19-6-9-22-20(13-19)17(15-27-22)11-25(31)28-18-5-8-24-21(12-18)23(29-30-24)7-4-16-3-2-10-26-14-16/h2-10,12-14,17,27H,11,15H2,1H3,(H,28,31)(H,29,30)/b7-4+. The Bertz CT molecular complexity index is 1300. The van der Waals surface area contributed by atoms with Crippen molar-refractivity contribution in [3.63, 3.8) is 0 Å². The van der Waals surface area contributed by atoms with Crippen molar-refractivity contribution in [2.24, 2.45) is 0 Å². The number of benzene rings is 2. The highest BCUT2D eigenvalue weighted by atomic mass is 16.5. The molecule has 1 amide bonds. The second-order valence-electron chi connectivity index (χ2n) is 7.77. The molecule has 32 heavy (non-hydrogen) atoms. The SMILES string of the molecule is COc1ccc2c(c1)C(CC(=O)Nc1ccc3[nH]nc(/C=C/c4cccnc4)c3c1)CN2. The highest BCUT2D eigenvalue weighted by Gasteiger charge is 2.25. The fourth-order valence-corrected chi connectivity index (χ4v) is 4.02. The molecule has 5 rings (SSSR count). The van der Waals surface area contributed by atoms with Crippen molar-refractivity contribution in [2.45, 2.75) is 12.3 Å². The molecular weight excluding hydrogens is 402 g/mol. The van der Waals surface area contributed by atoms with Gasteiger partial charge in [0.2, 0.25) is 5.91 Å². The number of carbonyl (C=O) groups excluding carboxylic acids is 1. The highest BCUT2D eigenvalue weighted by molar-refractivity contribution is 5.96. The molecule has 4 aromatic rings. The molecular formula is C25H23N5O2. The maximum absolute atomic E-state index is 12.8. The predicted molar refractivity (Wildman–Crippen MR) is 127 cm³/mol. The molecule has 0 fully saturated rings. The van der Waals surface area contributed by atoms with Crippen LogP contribution in [0.1, 0.15) is 29.2 Å². The number of carbonyl (C=O) groups is 1. The van der Waals surface area contributed by atoms with Crippen molar-refractivity contribution in [3.8, 4) is 5.75 Å². The van der Waals surface area contributed by atoms with Crippen LogP contribution in [0.3, 0.4) is 0 Å². The summed E-state index contributed by atoms with van der Waals surface area (Å²) >= 11 is 0. The van der Waals surface area contributed by atoms with E-state index in [0.29, 0.717) is 6.42 Å². The number of aromatic amines is 1. The van der Waals surface area contributed by atoms with Crippen molar-refractivity contribution in [1.82, 2.24) is 15.2 Å². The summed E-state index contributed by atoms with van der Waals surface area (Å²) in [5.74, 6) is 0.883. The summed E-state index contributed by atoms with van der Waals surface area (Å²) in [5, 5.41) is 14.8. The van der Waals surface area contributed by atoms with E-state index in [-0.39, 0.29) is 11.8 Å². The van der Waals surface area contributed by atoms with E-state index in [1.165, 1.54) is 0 Å². The Hall–Kier alpha value is -4.13. The molecule has 0 radical (unpaired) electrons. The molecule has 0 aliphatic carbocycles. The number of H-pyrrole nitrogens is 1. The van der Waals surface area contributed by atoms with Gasteiger partial charge in [0, 0.05) is 48.0 Å². The van der Waals surface area contributed by atoms with Gasteiger partial charge >= 0.3 is 0 Å². The Morgan fingerprint density at radius 1 is 1.22 bits per heavy atom. The summed E-state index contributed by atoms with van der Waals surface area (Å²) in [6.07, 6.45) is 7.84. The fourth-order valence-electron chi connectivity index (χ4n) is 4.02. The van der Waals surface area contributed by atoms with E-state index in [4.69, 9.17) is 4.74 Å². The molecule has 3 N–H and O–H groups in total. The zero-order valence-corrected chi connectivity index (χ0v) is 17.6. The summed E-state index contributed by atoms with van der Waals surface area (Å²) in [4.78, 5) is 16.9. The third kappa shape index (κ3) is 4.05. The van der Waals surface area contributed by atoms with Gasteiger partial charge in [-0.1, -0.05) is 12.1 Å². The number of amides is 1. The molecule has 2 aromatic carbocycles. The van der Waals surface area contributed by atoms with Crippen LogP contribution in [-0.4, -0.2) is 34.7 Å². The number of hydrogen-bond acceptors (Lipinski definition) is 5. The summed E-state index contributed by atoms with van der Waals surface area (Å²) in [7, 11) is 1.65. The van der Waals surface area contributed by atoms with E-state index in [9.17, 15) is 4.79 Å². The zero-order chi connectivity index (χ0) is 21.9. The highest BCUT2D eigenvalue weighted by Crippen LogP contribution is 2.36. The van der Waals surface area contributed by atoms with E-state index >= 15 is 0 Å². The number of nitrogens with zero attached hydrogens (tertiary/aromatic N) is 2. The first-order valence-corrected chi connectivity index (χ1v) is 10.5. The lowest BCUT2D eigenvalue weighted by atomic mass is 9.97. The quantitative estimate of drug-likeness (QED) is 0.417. The van der Waals surface area contributed by atoms with Gasteiger partial charge in [0.15, 0.2) is 0 Å². The molecule has 0 saturated heterocycles. The van der Waals surface area contributed by atoms with Gasteiger partial charge in [-0.25, -0.2) is 0 Å². The van der Waals surface area contributed by atoms with Crippen LogP contribution in [0.4, 0.5) is 11.4 Å². The van der Waals surface area contributed by atoms with Crippen molar-refractivity contribution in [3.05, 3.63) is 77.7 Å². The Kier molecular flexibility index (Phi) is 5.29. The minimum absolute atomic E-state index is 0.0252. The second kappa shape index (κ2) is 8.55. The van der Waals surface area contributed by atoms with E-state index < -0.39 is 0 Å². The van der Waals surface area contributed by atoms with Crippen molar-refractivity contribution in [2.75, 3.05) is 24.3 Å². The second-order valence-corrected chi connectivity index (χ2v) is 7.77. The predicted octanol–water partition coefficient (Wildman–Crippen LogP) is 4.67. The van der Waals surface area contributed by atoms with E-state index in [1.807, 2.05) is 60.7 Å². The van der Waals surface area contributed by atoms with Gasteiger partial charge in [-0.15, -0.1) is 0 Å². The van der Waals surface area contributed by atoms with Gasteiger partial charge in [0.1, 0.15) is 5.75 Å². The maximum Gasteiger partial charge on any atom is 0.225 e. The summed E-state index contributed by atoms with van der Waals surface area (Å²) in [6, 6.07) is 15.6. The Labute approximate surface area is 185 Å². The van der Waals surface area contributed by atoms with E-state index in [1.54, 1.807) is 19.5 Å². The molecule has 7 nitrogen and oxygen atoms in total. The van der Waals surface area contributed by atoms with Gasteiger partial charge in [-0.3, -0.25) is 14.9 Å². The van der Waals surface area contributed by atoms with Crippen LogP contribution in [0.2, 0.25) is 0 Å². The largest absolute Gasteiger partial charge is 0.497 e. The Morgan fingerprint density at radius 3 is 3.00 bits per heavy atom. The molecule has 1 aliphatic rings. The van der Waals surface area contributed by atoms with Crippen molar-refractivity contribution in [1.29, 1.82) is 0 Å². The molecule has 0 spiro atoms. The molecule has 2 aromatic heterocycles. The fraction of sp³-hybridized carbons (Fsp3) is 0.160. The van der Waals surface area contributed by atoms with Crippen LogP contribution in [0, 0.1) is 0 Å². The molecule has 3 heterocycles. The van der Waals surface area contributed by atoms with Gasteiger partial charge in [-0.2, -0.15) is 5.10 Å². The zero-order valence-electron chi connectivity index (χ0n) is 17.6. The summed E-state index contributed by atoms with van der Waals surface area (Å²) in [6.45, 7) is 0.736. The Morgan fingerprint density at radius 2 is 2.16 bits per heavy atom. The first kappa shape index (κ1) is 19.8. The molecule has 7 heteroatoms. The number of fused-ring (bicyclic) bond motifs is 2. The van der Waals surface area contributed by atoms with E-state index in [0.717, 1.165) is 51.4 Å². The summed E-state index contributed by atoms with van der Waals surface area (Å²) in [5.41, 5.74) is 5.64. The first-order valence-electron chi connectivity index (χ1n) is 10.5. The normalized spacial score (nSPS) is 15.0. The topological polar surface area (TPSA) is 91.9 Å². The third-order valence-electron chi connectivity index (χ3n) is 5.66. The van der Waals surface area contributed by atoms with Gasteiger partial charge in [-0.05, 0) is 59.7 Å². The molecule has 1 unspecified atom stereocenters. The van der Waals surface area contributed by atoms with Crippen LogP contribution in [0.25, 0.3) is 23.1 Å². The van der Waals surface area contributed by atoms with Gasteiger partial charge in [0.05, 0.1) is 18.3 Å². The number of hydrogen-bond donors (Lipinski definition) is 3. The molecule has 0 saturated carbocycles. The molecule has 160 valence electrons. The number of methoxy groups -OCH3 is 1. The lowest BCUT2D eigenvalue weighted by Gasteiger charge is -2.12. The lowest BCUT2D eigenvalue weighted by molar-refractivity contribution is -0.116. The van der Waals surface area contributed by atoms with Gasteiger partial charge < -0.3 is 15.4 Å². The number of pyridine rings is 1. The number of ether oxygens (including phenoxy) is 1. The monoisotopic (exact) mass is 425 g/mol. The molecule has 1 atom stereocenters. The van der Waals surface area contributed by atoms with E-state index in [2.05, 4.69) is 25.8 Å². The number of nitrogens with one attached hydrogen (secondary N) is 3. The maximum atomic E-state index is 12.8. The van der Waals surface area contributed by atoms with Crippen LogP contribution >= 0.6 is 0 Å². The average molecular weight is 425 g/mol. The number of aromatic nitrogens is 3. The minimum atomic E-state index is -0.0252. The smallest absolute Gasteiger partial charge is 0.225 e. The number of rotatable bonds is 6. The van der Waals surface area contributed by atoms with Gasteiger partial charge in [0.25, 0.3) is 0 Å². The van der Waals surface area contributed by atoms with Crippen molar-refractivity contribution >= 4 is 40.3 Å². The van der Waals surface area contributed by atoms with Crippen molar-refractivity contribution < 1.29 is 9.53 Å². The third-order valence-corrected chi connectivity index (χ3v) is 5.66. The first-order chi connectivity index (χ1) is 15.7.